The molecule has 100 valence electrons. The maximum atomic E-state index is 12.3. The van der Waals surface area contributed by atoms with Crippen molar-refractivity contribution < 1.29 is 9.90 Å². The van der Waals surface area contributed by atoms with Crippen LogP contribution in [0.25, 0.3) is 0 Å². The largest absolute Gasteiger partial charge is 0.506 e. The minimum Gasteiger partial charge on any atom is -0.506 e. The topological polar surface area (TPSA) is 90.3 Å². The van der Waals surface area contributed by atoms with Crippen molar-refractivity contribution in [1.29, 1.82) is 5.26 Å². The highest BCUT2D eigenvalue weighted by Crippen LogP contribution is 2.23. The molecule has 5 heteroatoms. The second-order valence-electron chi connectivity index (χ2n) is 4.30. The molecule has 1 amide bonds. The van der Waals surface area contributed by atoms with Gasteiger partial charge in [0.25, 0.3) is 5.91 Å². The molecule has 2 aromatic rings. The molecule has 0 saturated heterocycles. The number of nitrogens with zero attached hydrogens (tertiary/aromatic N) is 2. The maximum absolute atomic E-state index is 12.3. The van der Waals surface area contributed by atoms with Gasteiger partial charge in [-0.1, -0.05) is 6.07 Å². The average Bonchev–Trinajstić information content (AvgIpc) is 2.48. The number of phenolic OH excluding ortho intramolecular Hbond substituents is 1. The third-order valence-corrected chi connectivity index (χ3v) is 2.94. The Labute approximate surface area is 116 Å². The minimum absolute atomic E-state index is 0.130. The summed E-state index contributed by atoms with van der Waals surface area (Å²) in [7, 11) is 1.60. The van der Waals surface area contributed by atoms with Gasteiger partial charge in [0.1, 0.15) is 5.75 Å². The second kappa shape index (κ2) is 5.33. The van der Waals surface area contributed by atoms with Crippen molar-refractivity contribution in [1.82, 2.24) is 0 Å². The van der Waals surface area contributed by atoms with Gasteiger partial charge in [0.2, 0.25) is 0 Å². The molecule has 2 aromatic carbocycles. The highest BCUT2D eigenvalue weighted by Gasteiger charge is 2.15. The molecule has 0 aliphatic rings. The number of carbonyl (C=O) groups is 1. The molecule has 0 unspecified atom stereocenters. The summed E-state index contributed by atoms with van der Waals surface area (Å²) in [6.07, 6.45) is 0. The zero-order valence-corrected chi connectivity index (χ0v) is 10.9. The smallest absolute Gasteiger partial charge is 0.258 e. The Morgan fingerprint density at radius 1 is 1.30 bits per heavy atom. The fourth-order valence-electron chi connectivity index (χ4n) is 1.77. The Bertz CT molecular complexity index is 705. The number of phenols is 1. The van der Waals surface area contributed by atoms with E-state index in [1.165, 1.54) is 17.0 Å². The summed E-state index contributed by atoms with van der Waals surface area (Å²) in [6, 6.07) is 13.1. The molecule has 2 rings (SSSR count). The molecule has 3 N–H and O–H groups in total. The number of rotatable bonds is 2. The molecule has 0 fully saturated rings. The Balaban J connectivity index is 2.32. The number of amides is 1. The molecule has 20 heavy (non-hydrogen) atoms. The molecule has 0 spiro atoms. The van der Waals surface area contributed by atoms with Crippen LogP contribution in [0.4, 0.5) is 11.4 Å². The van der Waals surface area contributed by atoms with Crippen LogP contribution in [0.2, 0.25) is 0 Å². The summed E-state index contributed by atoms with van der Waals surface area (Å²) in [5, 5.41) is 18.4. The van der Waals surface area contributed by atoms with Crippen LogP contribution < -0.4 is 10.6 Å². The predicted molar refractivity (Wildman–Crippen MR) is 76.4 cm³/mol. The SMILES string of the molecule is CN(C(=O)c1ccc(N)c(O)c1)c1cccc(C#N)c1. The van der Waals surface area contributed by atoms with Crippen molar-refractivity contribution in [3.8, 4) is 11.8 Å². The summed E-state index contributed by atoms with van der Waals surface area (Å²) < 4.78 is 0. The first-order valence-electron chi connectivity index (χ1n) is 5.89. The number of hydrogen-bond acceptors (Lipinski definition) is 4. The van der Waals surface area contributed by atoms with Crippen LogP contribution in [-0.4, -0.2) is 18.1 Å². The fourth-order valence-corrected chi connectivity index (χ4v) is 1.77. The Morgan fingerprint density at radius 2 is 2.05 bits per heavy atom. The first-order chi connectivity index (χ1) is 9.52. The van der Waals surface area contributed by atoms with Crippen molar-refractivity contribution in [2.75, 3.05) is 17.7 Å². The zero-order chi connectivity index (χ0) is 14.7. The fraction of sp³-hybridized carbons (Fsp3) is 0.0667. The number of nitrogens with two attached hydrogens (primary N) is 1. The van der Waals surface area contributed by atoms with Crippen LogP contribution in [0.15, 0.2) is 42.5 Å². The molecular formula is C15H13N3O2. The highest BCUT2D eigenvalue weighted by molar-refractivity contribution is 6.06. The number of anilines is 2. The van der Waals surface area contributed by atoms with E-state index >= 15 is 0 Å². The van der Waals surface area contributed by atoms with Crippen molar-refractivity contribution in [2.24, 2.45) is 0 Å². The molecule has 0 aromatic heterocycles. The first-order valence-corrected chi connectivity index (χ1v) is 5.89. The minimum atomic E-state index is -0.296. The van der Waals surface area contributed by atoms with E-state index in [2.05, 4.69) is 0 Å². The monoisotopic (exact) mass is 267 g/mol. The number of nitrogen functional groups attached to an aromatic ring is 1. The van der Waals surface area contributed by atoms with Crippen molar-refractivity contribution >= 4 is 17.3 Å². The number of nitriles is 1. The molecule has 0 bridgehead atoms. The van der Waals surface area contributed by atoms with Gasteiger partial charge in [-0.15, -0.1) is 0 Å². The molecule has 0 saturated carbocycles. The normalized spacial score (nSPS) is 9.80. The third-order valence-electron chi connectivity index (χ3n) is 2.94. The van der Waals surface area contributed by atoms with Gasteiger partial charge >= 0.3 is 0 Å². The second-order valence-corrected chi connectivity index (χ2v) is 4.30. The van der Waals surface area contributed by atoms with E-state index in [9.17, 15) is 9.90 Å². The summed E-state index contributed by atoms with van der Waals surface area (Å²) in [5.41, 5.74) is 7.12. The van der Waals surface area contributed by atoms with E-state index in [1.54, 1.807) is 37.4 Å². The van der Waals surface area contributed by atoms with Gasteiger partial charge in [0, 0.05) is 18.3 Å². The van der Waals surface area contributed by atoms with Gasteiger partial charge in [-0.3, -0.25) is 4.79 Å². The first kappa shape index (κ1) is 13.4. The lowest BCUT2D eigenvalue weighted by Crippen LogP contribution is -2.26. The zero-order valence-electron chi connectivity index (χ0n) is 10.9. The molecule has 0 atom stereocenters. The lowest BCUT2D eigenvalue weighted by molar-refractivity contribution is 0.0992. The van der Waals surface area contributed by atoms with Gasteiger partial charge in [-0.25, -0.2) is 0 Å². The molecular weight excluding hydrogens is 254 g/mol. The van der Waals surface area contributed by atoms with Gasteiger partial charge in [-0.05, 0) is 36.4 Å². The van der Waals surface area contributed by atoms with Crippen LogP contribution in [0, 0.1) is 11.3 Å². The number of aromatic hydroxyl groups is 1. The Kier molecular flexibility index (Phi) is 3.58. The predicted octanol–water partition coefficient (Wildman–Crippen LogP) is 2.12. The van der Waals surface area contributed by atoms with Crippen molar-refractivity contribution in [3.05, 3.63) is 53.6 Å². The summed E-state index contributed by atoms with van der Waals surface area (Å²) in [6.45, 7) is 0. The standard InChI is InChI=1S/C15H13N3O2/c1-18(12-4-2-3-10(7-12)9-16)15(20)11-5-6-13(17)14(19)8-11/h2-8,19H,17H2,1H3. The van der Waals surface area contributed by atoms with E-state index in [1.807, 2.05) is 6.07 Å². The molecule has 0 radical (unpaired) electrons. The van der Waals surface area contributed by atoms with Crippen LogP contribution in [-0.2, 0) is 0 Å². The van der Waals surface area contributed by atoms with Crippen molar-refractivity contribution in [3.63, 3.8) is 0 Å². The summed E-state index contributed by atoms with van der Waals surface area (Å²) >= 11 is 0. The van der Waals surface area contributed by atoms with Gasteiger partial charge in [0.05, 0.1) is 17.3 Å². The summed E-state index contributed by atoms with van der Waals surface area (Å²) in [4.78, 5) is 13.7. The van der Waals surface area contributed by atoms with Gasteiger partial charge < -0.3 is 15.7 Å². The van der Waals surface area contributed by atoms with E-state index in [0.717, 1.165) is 0 Å². The van der Waals surface area contributed by atoms with Crippen LogP contribution in [0.1, 0.15) is 15.9 Å². The molecule has 0 aliphatic carbocycles. The van der Waals surface area contributed by atoms with E-state index in [-0.39, 0.29) is 17.3 Å². The Hall–Kier alpha value is -3.00. The maximum Gasteiger partial charge on any atom is 0.258 e. The number of benzene rings is 2. The molecule has 0 heterocycles. The van der Waals surface area contributed by atoms with E-state index in [0.29, 0.717) is 16.8 Å². The third kappa shape index (κ3) is 2.54. The lowest BCUT2D eigenvalue weighted by atomic mass is 10.1. The van der Waals surface area contributed by atoms with E-state index in [4.69, 9.17) is 11.0 Å². The van der Waals surface area contributed by atoms with Crippen molar-refractivity contribution in [2.45, 2.75) is 0 Å². The molecule has 5 nitrogen and oxygen atoms in total. The molecule has 0 aliphatic heterocycles. The number of hydrogen-bond donors (Lipinski definition) is 2. The quantitative estimate of drug-likeness (QED) is 0.644. The van der Waals surface area contributed by atoms with Crippen LogP contribution in [0.5, 0.6) is 5.75 Å². The average molecular weight is 267 g/mol. The van der Waals surface area contributed by atoms with Crippen LogP contribution in [0.3, 0.4) is 0 Å². The highest BCUT2D eigenvalue weighted by atomic mass is 16.3. The Morgan fingerprint density at radius 3 is 2.70 bits per heavy atom. The van der Waals surface area contributed by atoms with Gasteiger partial charge in [0.15, 0.2) is 0 Å². The summed E-state index contributed by atoms with van der Waals surface area (Å²) in [5.74, 6) is -0.426. The number of carbonyl (C=O) groups excluding carboxylic acids is 1. The van der Waals surface area contributed by atoms with Crippen LogP contribution >= 0.6 is 0 Å². The lowest BCUT2D eigenvalue weighted by Gasteiger charge is -2.17. The van der Waals surface area contributed by atoms with Gasteiger partial charge in [-0.2, -0.15) is 5.26 Å². The van der Waals surface area contributed by atoms with E-state index < -0.39 is 0 Å².